The van der Waals surface area contributed by atoms with E-state index in [0.29, 0.717) is 18.6 Å². The minimum Gasteiger partial charge on any atom is -0.489 e. The first kappa shape index (κ1) is 14.5. The monoisotopic (exact) mass is 311 g/mol. The van der Waals surface area contributed by atoms with Crippen LogP contribution in [0.25, 0.3) is 10.9 Å². The van der Waals surface area contributed by atoms with Crippen LogP contribution in [0.15, 0.2) is 36.5 Å². The minimum atomic E-state index is -0.0323. The molecular weight excluding hydrogens is 290 g/mol. The number of ether oxygens (including phenoxy) is 2. The highest BCUT2D eigenvalue weighted by Gasteiger charge is 2.59. The van der Waals surface area contributed by atoms with Crippen LogP contribution in [0.4, 0.5) is 0 Å². The molecule has 4 nitrogen and oxygen atoms in total. The van der Waals surface area contributed by atoms with E-state index >= 15 is 0 Å². The summed E-state index contributed by atoms with van der Waals surface area (Å²) in [6, 6.07) is 9.70. The Hall–Kier alpha value is -2.10. The molecule has 2 saturated carbocycles. The van der Waals surface area contributed by atoms with Gasteiger partial charge in [0.1, 0.15) is 19.0 Å². The van der Waals surface area contributed by atoms with Crippen LogP contribution in [-0.2, 0) is 9.53 Å². The van der Waals surface area contributed by atoms with Gasteiger partial charge in [0.25, 0.3) is 0 Å². The van der Waals surface area contributed by atoms with Gasteiger partial charge in [-0.3, -0.25) is 9.78 Å². The van der Waals surface area contributed by atoms with Crippen LogP contribution in [0.3, 0.4) is 0 Å². The second-order valence-electron chi connectivity index (χ2n) is 6.67. The molecule has 2 aliphatic carbocycles. The van der Waals surface area contributed by atoms with Crippen LogP contribution >= 0.6 is 0 Å². The zero-order valence-corrected chi connectivity index (χ0v) is 13.2. The molecule has 1 aromatic carbocycles. The van der Waals surface area contributed by atoms with Gasteiger partial charge >= 0.3 is 5.97 Å². The van der Waals surface area contributed by atoms with Gasteiger partial charge in [-0.25, -0.2) is 0 Å². The molecule has 0 N–H and O–H groups in total. The maximum atomic E-state index is 12.1. The summed E-state index contributed by atoms with van der Waals surface area (Å²) in [4.78, 5) is 16.4. The van der Waals surface area contributed by atoms with Crippen LogP contribution in [0.5, 0.6) is 5.75 Å². The van der Waals surface area contributed by atoms with Crippen molar-refractivity contribution in [2.24, 2.45) is 11.3 Å². The predicted molar refractivity (Wildman–Crippen MR) is 87.2 cm³/mol. The maximum absolute atomic E-state index is 12.1. The minimum absolute atomic E-state index is 0.0323. The lowest BCUT2D eigenvalue weighted by Gasteiger charge is -2.10. The third kappa shape index (κ3) is 2.78. The zero-order valence-electron chi connectivity index (χ0n) is 13.2. The Bertz CT molecular complexity index is 716. The van der Waals surface area contributed by atoms with Gasteiger partial charge in [-0.15, -0.1) is 0 Å². The smallest absolute Gasteiger partial charge is 0.309 e. The van der Waals surface area contributed by atoms with Crippen LogP contribution in [0, 0.1) is 11.3 Å². The lowest BCUT2D eigenvalue weighted by Crippen LogP contribution is -2.16. The number of carbonyl (C=O) groups is 1. The van der Waals surface area contributed by atoms with Crippen molar-refractivity contribution in [3.63, 3.8) is 0 Å². The molecule has 2 aromatic rings. The van der Waals surface area contributed by atoms with Crippen molar-refractivity contribution in [1.29, 1.82) is 0 Å². The highest BCUT2D eigenvalue weighted by atomic mass is 16.6. The van der Waals surface area contributed by atoms with Gasteiger partial charge in [0.2, 0.25) is 0 Å². The van der Waals surface area contributed by atoms with Crippen LogP contribution in [0.2, 0.25) is 0 Å². The zero-order chi connectivity index (χ0) is 15.7. The number of pyridine rings is 1. The van der Waals surface area contributed by atoms with Crippen molar-refractivity contribution in [3.8, 4) is 5.75 Å². The van der Waals surface area contributed by atoms with Gasteiger partial charge in [-0.1, -0.05) is 25.0 Å². The van der Waals surface area contributed by atoms with Crippen LogP contribution < -0.4 is 4.74 Å². The summed E-state index contributed by atoms with van der Waals surface area (Å²) in [5.74, 6) is 0.896. The Morgan fingerprint density at radius 1 is 1.17 bits per heavy atom. The number of nitrogens with zero attached hydrogens (tertiary/aromatic N) is 1. The van der Waals surface area contributed by atoms with Gasteiger partial charge in [-0.2, -0.15) is 0 Å². The molecule has 2 fully saturated rings. The molecule has 0 bridgehead atoms. The first-order valence-electron chi connectivity index (χ1n) is 8.42. The molecule has 1 unspecified atom stereocenters. The quantitative estimate of drug-likeness (QED) is 0.623. The summed E-state index contributed by atoms with van der Waals surface area (Å²) in [5, 5.41) is 0.980. The lowest BCUT2D eigenvalue weighted by molar-refractivity contribution is -0.146. The maximum Gasteiger partial charge on any atom is 0.309 e. The number of aromatic nitrogens is 1. The van der Waals surface area contributed by atoms with E-state index < -0.39 is 0 Å². The van der Waals surface area contributed by atoms with Gasteiger partial charge in [0, 0.05) is 11.6 Å². The Balaban J connectivity index is 1.28. The standard InChI is InChI=1S/C19H21NO3/c21-18(15-13-19(15)8-3-4-9-19)23-12-11-22-17-7-10-20-16-6-2-1-5-14(16)17/h1-2,5-7,10,15H,3-4,8-9,11-13H2. The molecule has 0 aliphatic heterocycles. The van der Waals surface area contributed by atoms with E-state index in [1.54, 1.807) is 6.20 Å². The molecule has 0 radical (unpaired) electrons. The lowest BCUT2D eigenvalue weighted by atomic mass is 10.0. The normalized spacial score (nSPS) is 21.5. The van der Waals surface area contributed by atoms with Gasteiger partial charge in [0.05, 0.1) is 11.4 Å². The molecular formula is C19H21NO3. The van der Waals surface area contributed by atoms with Crippen molar-refractivity contribution in [2.75, 3.05) is 13.2 Å². The number of rotatable bonds is 5. The topological polar surface area (TPSA) is 48.4 Å². The molecule has 1 aromatic heterocycles. The first-order chi connectivity index (χ1) is 11.3. The fourth-order valence-electron chi connectivity index (χ4n) is 3.90. The Labute approximate surface area is 135 Å². The van der Waals surface area contributed by atoms with Gasteiger partial charge in [0.15, 0.2) is 0 Å². The molecule has 1 atom stereocenters. The van der Waals surface area contributed by atoms with Crippen molar-refractivity contribution in [2.45, 2.75) is 32.1 Å². The summed E-state index contributed by atoms with van der Waals surface area (Å²) in [6.07, 6.45) is 7.70. The number of fused-ring (bicyclic) bond motifs is 1. The number of hydrogen-bond donors (Lipinski definition) is 0. The van der Waals surface area contributed by atoms with E-state index in [4.69, 9.17) is 9.47 Å². The molecule has 1 spiro atoms. The summed E-state index contributed by atoms with van der Waals surface area (Å²) in [5.41, 5.74) is 1.21. The van der Waals surface area contributed by atoms with E-state index in [9.17, 15) is 4.79 Å². The molecule has 0 amide bonds. The van der Waals surface area contributed by atoms with Gasteiger partial charge < -0.3 is 9.47 Å². The third-order valence-electron chi connectivity index (χ3n) is 5.27. The van der Waals surface area contributed by atoms with Crippen molar-refractivity contribution < 1.29 is 14.3 Å². The fourth-order valence-corrected chi connectivity index (χ4v) is 3.90. The number of esters is 1. The second kappa shape index (κ2) is 5.84. The first-order valence-corrected chi connectivity index (χ1v) is 8.42. The second-order valence-corrected chi connectivity index (χ2v) is 6.67. The van der Waals surface area contributed by atoms with E-state index in [1.807, 2.05) is 30.3 Å². The van der Waals surface area contributed by atoms with Gasteiger partial charge in [-0.05, 0) is 42.9 Å². The van der Waals surface area contributed by atoms with Crippen LogP contribution in [-0.4, -0.2) is 24.2 Å². The van der Waals surface area contributed by atoms with E-state index in [1.165, 1.54) is 25.7 Å². The number of para-hydroxylation sites is 1. The molecule has 2 aliphatic rings. The summed E-state index contributed by atoms with van der Waals surface area (Å²) < 4.78 is 11.2. The molecule has 23 heavy (non-hydrogen) atoms. The molecule has 120 valence electrons. The Kier molecular flexibility index (Phi) is 3.68. The molecule has 4 rings (SSSR count). The fraction of sp³-hybridized carbons (Fsp3) is 0.474. The number of carbonyl (C=O) groups excluding carboxylic acids is 1. The number of hydrogen-bond acceptors (Lipinski definition) is 4. The van der Waals surface area contributed by atoms with Crippen LogP contribution in [0.1, 0.15) is 32.1 Å². The molecule has 0 saturated heterocycles. The van der Waals surface area contributed by atoms with E-state index in [0.717, 1.165) is 23.1 Å². The highest BCUT2D eigenvalue weighted by molar-refractivity contribution is 5.84. The largest absolute Gasteiger partial charge is 0.489 e. The number of benzene rings is 1. The predicted octanol–water partition coefficient (Wildman–Crippen LogP) is 3.74. The molecule has 4 heteroatoms. The average molecular weight is 311 g/mol. The molecule has 1 heterocycles. The van der Waals surface area contributed by atoms with E-state index in [-0.39, 0.29) is 11.9 Å². The SMILES string of the molecule is O=C(OCCOc1ccnc2ccccc12)C1CC12CCCC2. The summed E-state index contributed by atoms with van der Waals surface area (Å²) in [7, 11) is 0. The Morgan fingerprint density at radius 3 is 2.87 bits per heavy atom. The average Bonchev–Trinajstić information content (AvgIpc) is 3.08. The third-order valence-corrected chi connectivity index (χ3v) is 5.27. The highest BCUT2D eigenvalue weighted by Crippen LogP contribution is 2.63. The van der Waals surface area contributed by atoms with Crippen molar-refractivity contribution >= 4 is 16.9 Å². The Morgan fingerprint density at radius 2 is 2.00 bits per heavy atom. The van der Waals surface area contributed by atoms with Crippen molar-refractivity contribution in [1.82, 2.24) is 4.98 Å². The van der Waals surface area contributed by atoms with Crippen molar-refractivity contribution in [3.05, 3.63) is 36.5 Å². The summed E-state index contributed by atoms with van der Waals surface area (Å²) in [6.45, 7) is 0.682. The summed E-state index contributed by atoms with van der Waals surface area (Å²) >= 11 is 0. The van der Waals surface area contributed by atoms with E-state index in [2.05, 4.69) is 4.98 Å².